The third-order valence-electron chi connectivity index (χ3n) is 3.93. The van der Waals surface area contributed by atoms with Gasteiger partial charge in [-0.2, -0.15) is 13.2 Å². The van der Waals surface area contributed by atoms with E-state index in [0.29, 0.717) is 4.90 Å². The van der Waals surface area contributed by atoms with Crippen molar-refractivity contribution < 1.29 is 22.8 Å². The van der Waals surface area contributed by atoms with Crippen LogP contribution in [-0.4, -0.2) is 24.1 Å². The van der Waals surface area contributed by atoms with E-state index in [4.69, 9.17) is 0 Å². The number of alkyl halides is 3. The van der Waals surface area contributed by atoms with Gasteiger partial charge in [-0.05, 0) is 30.3 Å². The van der Waals surface area contributed by atoms with Crippen molar-refractivity contribution in [3.8, 4) is 0 Å². The molecule has 27 heavy (non-hydrogen) atoms. The van der Waals surface area contributed by atoms with Gasteiger partial charge in [0.05, 0.1) is 22.2 Å². The van der Waals surface area contributed by atoms with E-state index in [-0.39, 0.29) is 18.0 Å². The maximum atomic E-state index is 12.8. The fourth-order valence-electron chi connectivity index (χ4n) is 2.58. The normalized spacial score (nSPS) is 16.3. The van der Waals surface area contributed by atoms with Gasteiger partial charge in [0, 0.05) is 18.4 Å². The lowest BCUT2D eigenvalue weighted by atomic mass is 10.1. The number of amides is 2. The van der Waals surface area contributed by atoms with Gasteiger partial charge < -0.3 is 5.32 Å². The first-order valence-corrected chi connectivity index (χ1v) is 8.89. The number of nitrogens with zero attached hydrogens (tertiary/aromatic N) is 1. The second-order valence-electron chi connectivity index (χ2n) is 5.94. The van der Waals surface area contributed by atoms with Gasteiger partial charge in [-0.25, -0.2) is 0 Å². The van der Waals surface area contributed by atoms with E-state index in [1.807, 2.05) is 30.3 Å². The summed E-state index contributed by atoms with van der Waals surface area (Å²) in [6.45, 7) is 0. The summed E-state index contributed by atoms with van der Waals surface area (Å²) >= 11 is 1.08. The average Bonchev–Trinajstić information content (AvgIpc) is 2.61. The van der Waals surface area contributed by atoms with Crippen LogP contribution in [-0.2, 0) is 15.8 Å². The molecule has 0 spiro atoms. The van der Waals surface area contributed by atoms with Crippen LogP contribution < -0.4 is 15.8 Å². The fourth-order valence-corrected chi connectivity index (χ4v) is 3.67. The monoisotopic (exact) mass is 395 g/mol. The van der Waals surface area contributed by atoms with Crippen molar-refractivity contribution in [1.82, 2.24) is 5.43 Å². The van der Waals surface area contributed by atoms with Crippen LogP contribution in [0.3, 0.4) is 0 Å². The Hall–Kier alpha value is -2.68. The first-order valence-electron chi connectivity index (χ1n) is 8.01. The lowest BCUT2D eigenvalue weighted by molar-refractivity contribution is -0.137. The molecular weight excluding hydrogens is 379 g/mol. The van der Waals surface area contributed by atoms with E-state index < -0.39 is 22.9 Å². The van der Waals surface area contributed by atoms with E-state index in [0.717, 1.165) is 29.6 Å². The Kier molecular flexibility index (Phi) is 5.31. The minimum Gasteiger partial charge on any atom is -0.324 e. The molecule has 1 atom stereocenters. The van der Waals surface area contributed by atoms with Crippen molar-refractivity contribution in [2.45, 2.75) is 22.7 Å². The average molecular weight is 395 g/mol. The molecule has 1 aliphatic heterocycles. The number of anilines is 2. The minimum absolute atomic E-state index is 0.103. The van der Waals surface area contributed by atoms with Crippen molar-refractivity contribution in [3.05, 3.63) is 54.1 Å². The summed E-state index contributed by atoms with van der Waals surface area (Å²) in [5.74, 6) is -0.867. The van der Waals surface area contributed by atoms with Crippen LogP contribution in [0.15, 0.2) is 53.4 Å². The van der Waals surface area contributed by atoms with Gasteiger partial charge in [-0.15, -0.1) is 11.8 Å². The Labute approximate surface area is 157 Å². The van der Waals surface area contributed by atoms with E-state index in [2.05, 4.69) is 10.7 Å². The fraction of sp³-hybridized carbons (Fsp3) is 0.222. The molecule has 0 radical (unpaired) electrons. The summed E-state index contributed by atoms with van der Waals surface area (Å²) in [6, 6.07) is 12.3. The van der Waals surface area contributed by atoms with E-state index in [1.165, 1.54) is 11.1 Å². The number of rotatable bonds is 4. The highest BCUT2D eigenvalue weighted by Crippen LogP contribution is 2.40. The van der Waals surface area contributed by atoms with E-state index in [1.54, 1.807) is 7.05 Å². The maximum absolute atomic E-state index is 12.8. The molecule has 0 saturated carbocycles. The molecule has 0 saturated heterocycles. The number of para-hydroxylation sites is 1. The molecule has 2 amide bonds. The second-order valence-corrected chi connectivity index (χ2v) is 7.18. The van der Waals surface area contributed by atoms with Crippen molar-refractivity contribution in [3.63, 3.8) is 0 Å². The predicted octanol–water partition coefficient (Wildman–Crippen LogP) is 3.68. The summed E-state index contributed by atoms with van der Waals surface area (Å²) in [4.78, 5) is 24.9. The molecule has 0 aromatic heterocycles. The summed E-state index contributed by atoms with van der Waals surface area (Å²) < 4.78 is 38.4. The zero-order valence-electron chi connectivity index (χ0n) is 14.2. The van der Waals surface area contributed by atoms with Crippen LogP contribution in [0.1, 0.15) is 12.0 Å². The molecule has 1 heterocycles. The molecule has 2 aromatic rings. The summed E-state index contributed by atoms with van der Waals surface area (Å²) in [5.41, 5.74) is 2.72. The van der Waals surface area contributed by atoms with Crippen molar-refractivity contribution >= 4 is 35.0 Å². The van der Waals surface area contributed by atoms with Crippen LogP contribution in [0.2, 0.25) is 0 Å². The smallest absolute Gasteiger partial charge is 0.324 e. The Bertz CT molecular complexity index is 859. The largest absolute Gasteiger partial charge is 0.416 e. The molecule has 5 nitrogen and oxygen atoms in total. The summed E-state index contributed by atoms with van der Waals surface area (Å²) in [7, 11) is 1.68. The first kappa shape index (κ1) is 19.1. The van der Waals surface area contributed by atoms with Gasteiger partial charge in [-0.1, -0.05) is 18.2 Å². The van der Waals surface area contributed by atoms with Crippen LogP contribution in [0.25, 0.3) is 0 Å². The highest BCUT2D eigenvalue weighted by molar-refractivity contribution is 8.01. The van der Waals surface area contributed by atoms with Gasteiger partial charge in [-0.3, -0.25) is 20.0 Å². The molecule has 2 aromatic carbocycles. The predicted molar refractivity (Wildman–Crippen MR) is 97.3 cm³/mol. The zero-order chi connectivity index (χ0) is 19.6. The minimum atomic E-state index is -4.48. The van der Waals surface area contributed by atoms with Crippen molar-refractivity contribution in [2.75, 3.05) is 17.4 Å². The van der Waals surface area contributed by atoms with Gasteiger partial charge in [0.2, 0.25) is 11.8 Å². The lowest BCUT2D eigenvalue weighted by Crippen LogP contribution is -2.42. The maximum Gasteiger partial charge on any atom is 0.416 e. The van der Waals surface area contributed by atoms with Crippen LogP contribution in [0, 0.1) is 0 Å². The van der Waals surface area contributed by atoms with Gasteiger partial charge in [0.1, 0.15) is 0 Å². The first-order chi connectivity index (χ1) is 12.7. The van der Waals surface area contributed by atoms with Crippen LogP contribution in [0.5, 0.6) is 0 Å². The van der Waals surface area contributed by atoms with Crippen LogP contribution in [0.4, 0.5) is 24.5 Å². The number of hydrogen-bond acceptors (Lipinski definition) is 4. The number of carbonyl (C=O) groups excluding carboxylic acids is 2. The number of fused-ring (bicyclic) bond motifs is 1. The van der Waals surface area contributed by atoms with Gasteiger partial charge >= 0.3 is 6.18 Å². The number of halogens is 3. The Morgan fingerprint density at radius 2 is 1.93 bits per heavy atom. The number of carbonyl (C=O) groups is 2. The van der Waals surface area contributed by atoms with Gasteiger partial charge in [0.15, 0.2) is 0 Å². The van der Waals surface area contributed by atoms with Crippen molar-refractivity contribution in [2.24, 2.45) is 0 Å². The van der Waals surface area contributed by atoms with Crippen molar-refractivity contribution in [1.29, 1.82) is 0 Å². The Morgan fingerprint density at radius 1 is 1.22 bits per heavy atom. The molecule has 2 N–H and O–H groups in total. The summed E-state index contributed by atoms with van der Waals surface area (Å²) in [5, 5.41) is 3.27. The van der Waals surface area contributed by atoms with Crippen LogP contribution >= 0.6 is 11.8 Å². The quantitative estimate of drug-likeness (QED) is 0.776. The molecule has 9 heteroatoms. The number of nitrogens with one attached hydrogen (secondary N) is 2. The van der Waals surface area contributed by atoms with Gasteiger partial charge in [0.25, 0.3) is 0 Å². The topological polar surface area (TPSA) is 61.4 Å². The standard InChI is InChI=1S/C18H16F3N3O2S/c1-24(12-5-3-2-4-6-12)23-16(25)10-15-17(26)22-13-9-11(18(19,20)21)7-8-14(13)27-15/h2-9,15H,10H2,1H3,(H,22,26)(H,23,25). The zero-order valence-corrected chi connectivity index (χ0v) is 15.0. The Morgan fingerprint density at radius 3 is 2.59 bits per heavy atom. The third kappa shape index (κ3) is 4.54. The number of benzene rings is 2. The number of hydrogen-bond donors (Lipinski definition) is 2. The van der Waals surface area contributed by atoms with E-state index >= 15 is 0 Å². The lowest BCUT2D eigenvalue weighted by Gasteiger charge is -2.26. The molecule has 0 bridgehead atoms. The molecule has 0 aliphatic carbocycles. The van der Waals surface area contributed by atoms with E-state index in [9.17, 15) is 22.8 Å². The highest BCUT2D eigenvalue weighted by Gasteiger charge is 2.34. The molecular formula is C18H16F3N3O2S. The molecule has 1 unspecified atom stereocenters. The third-order valence-corrected chi connectivity index (χ3v) is 5.21. The molecule has 1 aliphatic rings. The molecule has 3 rings (SSSR count). The number of hydrazine groups is 1. The molecule has 0 fully saturated rings. The summed E-state index contributed by atoms with van der Waals surface area (Å²) in [6.07, 6.45) is -4.59. The Balaban J connectivity index is 1.65. The number of thioether (sulfide) groups is 1. The molecule has 142 valence electrons. The second kappa shape index (κ2) is 7.51. The highest BCUT2D eigenvalue weighted by atomic mass is 32.2. The SMILES string of the molecule is CN(NC(=O)CC1Sc2ccc(C(F)(F)F)cc2NC1=O)c1ccccc1.